The van der Waals surface area contributed by atoms with Crippen molar-refractivity contribution < 1.29 is 40.2 Å². The Hall–Kier alpha value is -0.810. The standard InChI is InChI=1S/C27H55NO8/c1-27(2,3)36-26(35)7-5-6-20(29)8-9-21(30)10-11-22(31)12-13-23(32)14-15-24(33)16-17-25(34)18-19-28-4/h20-25,28-34H,5-19H2,1-4H3. The largest absolute Gasteiger partial charge is 0.460 e. The van der Waals surface area contributed by atoms with Crippen molar-refractivity contribution in [2.45, 2.75) is 153 Å². The molecule has 0 heterocycles. The van der Waals surface area contributed by atoms with Crippen LogP contribution in [0.5, 0.6) is 0 Å². The number of esters is 1. The van der Waals surface area contributed by atoms with Crippen molar-refractivity contribution in [2.75, 3.05) is 13.6 Å². The van der Waals surface area contributed by atoms with Gasteiger partial charge in [-0.3, -0.25) is 4.79 Å². The lowest BCUT2D eigenvalue weighted by molar-refractivity contribution is -0.155. The molecule has 0 amide bonds. The summed E-state index contributed by atoms with van der Waals surface area (Å²) in [6.07, 6.45) is 2.91. The van der Waals surface area contributed by atoms with Crippen LogP contribution in [0.25, 0.3) is 0 Å². The third-order valence-electron chi connectivity index (χ3n) is 6.23. The second-order valence-electron chi connectivity index (χ2n) is 11.2. The topological polar surface area (TPSA) is 160 Å². The SMILES string of the molecule is CNCCC(O)CCC(O)CCC(O)CCC(O)CCC(O)CCC(O)CCCC(=O)OC(C)(C)C. The fourth-order valence-electron chi connectivity index (χ4n) is 3.98. The van der Waals surface area contributed by atoms with Crippen LogP contribution in [0, 0.1) is 0 Å². The molecule has 0 aliphatic heterocycles. The minimum absolute atomic E-state index is 0.258. The zero-order valence-electron chi connectivity index (χ0n) is 23.1. The van der Waals surface area contributed by atoms with Gasteiger partial charge in [0.05, 0.1) is 36.6 Å². The predicted molar refractivity (Wildman–Crippen MR) is 140 cm³/mol. The highest BCUT2D eigenvalue weighted by Gasteiger charge is 2.18. The van der Waals surface area contributed by atoms with Crippen molar-refractivity contribution >= 4 is 5.97 Å². The molecule has 216 valence electrons. The number of aliphatic hydroxyl groups is 6. The Morgan fingerprint density at radius 2 is 0.917 bits per heavy atom. The first-order chi connectivity index (χ1) is 16.8. The Kier molecular flexibility index (Phi) is 19.7. The number of hydrogen-bond donors (Lipinski definition) is 7. The minimum atomic E-state index is -0.625. The smallest absolute Gasteiger partial charge is 0.306 e. The van der Waals surface area contributed by atoms with Gasteiger partial charge in [-0.15, -0.1) is 0 Å². The molecule has 0 aromatic carbocycles. The Labute approximate surface area is 218 Å². The summed E-state index contributed by atoms with van der Waals surface area (Å²) < 4.78 is 5.24. The van der Waals surface area contributed by atoms with Crippen LogP contribution >= 0.6 is 0 Å². The first-order valence-electron chi connectivity index (χ1n) is 13.8. The number of carbonyl (C=O) groups is 1. The summed E-state index contributed by atoms with van der Waals surface area (Å²) in [5.41, 5.74) is -0.512. The van der Waals surface area contributed by atoms with E-state index in [-0.39, 0.29) is 12.4 Å². The van der Waals surface area contributed by atoms with E-state index in [1.165, 1.54) is 0 Å². The van der Waals surface area contributed by atoms with E-state index in [1.807, 2.05) is 27.8 Å². The number of carbonyl (C=O) groups excluding carboxylic acids is 1. The molecular weight excluding hydrogens is 466 g/mol. The van der Waals surface area contributed by atoms with Gasteiger partial charge in [0.1, 0.15) is 5.60 Å². The van der Waals surface area contributed by atoms with E-state index in [4.69, 9.17) is 4.74 Å². The number of aliphatic hydroxyl groups excluding tert-OH is 6. The number of nitrogens with one attached hydrogen (secondary N) is 1. The van der Waals surface area contributed by atoms with Gasteiger partial charge in [0, 0.05) is 6.42 Å². The van der Waals surface area contributed by atoms with Crippen LogP contribution < -0.4 is 5.32 Å². The van der Waals surface area contributed by atoms with Gasteiger partial charge in [0.2, 0.25) is 0 Å². The van der Waals surface area contributed by atoms with E-state index in [2.05, 4.69) is 5.32 Å². The highest BCUT2D eigenvalue weighted by Crippen LogP contribution is 2.17. The summed E-state index contributed by atoms with van der Waals surface area (Å²) in [5.74, 6) is -0.277. The summed E-state index contributed by atoms with van der Waals surface area (Å²) in [5, 5.41) is 63.4. The van der Waals surface area contributed by atoms with Gasteiger partial charge in [-0.1, -0.05) is 0 Å². The van der Waals surface area contributed by atoms with E-state index < -0.39 is 42.2 Å². The van der Waals surface area contributed by atoms with Crippen molar-refractivity contribution in [1.82, 2.24) is 5.32 Å². The molecule has 7 N–H and O–H groups in total. The van der Waals surface area contributed by atoms with Gasteiger partial charge in [-0.05, 0) is 118 Å². The van der Waals surface area contributed by atoms with Crippen LogP contribution in [0.2, 0.25) is 0 Å². The van der Waals surface area contributed by atoms with Crippen LogP contribution in [0.15, 0.2) is 0 Å². The van der Waals surface area contributed by atoms with Crippen molar-refractivity contribution in [3.63, 3.8) is 0 Å². The zero-order chi connectivity index (χ0) is 27.6. The highest BCUT2D eigenvalue weighted by molar-refractivity contribution is 5.69. The second-order valence-corrected chi connectivity index (χ2v) is 11.2. The molecule has 0 spiro atoms. The Bertz CT molecular complexity index is 542. The van der Waals surface area contributed by atoms with Crippen molar-refractivity contribution in [3.05, 3.63) is 0 Å². The van der Waals surface area contributed by atoms with Crippen LogP contribution in [0.1, 0.15) is 111 Å². The zero-order valence-corrected chi connectivity index (χ0v) is 23.1. The molecule has 9 nitrogen and oxygen atoms in total. The molecule has 6 atom stereocenters. The molecule has 0 bridgehead atoms. The van der Waals surface area contributed by atoms with Gasteiger partial charge in [-0.25, -0.2) is 0 Å². The highest BCUT2D eigenvalue weighted by atomic mass is 16.6. The molecule has 0 saturated carbocycles. The molecule has 0 radical (unpaired) electrons. The molecular formula is C27H55NO8. The van der Waals surface area contributed by atoms with E-state index in [1.54, 1.807) is 0 Å². The molecule has 0 fully saturated rings. The quantitative estimate of drug-likeness (QED) is 0.106. The normalized spacial score (nSPS) is 17.3. The molecule has 0 aliphatic carbocycles. The number of ether oxygens (including phenoxy) is 1. The summed E-state index contributed by atoms with van der Waals surface area (Å²) in [4.78, 5) is 11.7. The molecule has 0 saturated heterocycles. The lowest BCUT2D eigenvalue weighted by Gasteiger charge is -2.20. The first-order valence-corrected chi connectivity index (χ1v) is 13.8. The lowest BCUT2D eigenvalue weighted by atomic mass is 9.97. The van der Waals surface area contributed by atoms with E-state index >= 15 is 0 Å². The Balaban J connectivity index is 3.84. The van der Waals surface area contributed by atoms with Crippen LogP contribution in [0.3, 0.4) is 0 Å². The fraction of sp³-hybridized carbons (Fsp3) is 0.963. The molecule has 0 aromatic rings. The average Bonchev–Trinajstić information content (AvgIpc) is 2.79. The first kappa shape index (κ1) is 35.2. The van der Waals surface area contributed by atoms with Crippen molar-refractivity contribution in [2.24, 2.45) is 0 Å². The van der Waals surface area contributed by atoms with Crippen LogP contribution in [-0.4, -0.2) is 92.4 Å². The Morgan fingerprint density at radius 3 is 1.22 bits per heavy atom. The molecule has 6 unspecified atom stereocenters. The van der Waals surface area contributed by atoms with E-state index in [0.717, 1.165) is 6.54 Å². The monoisotopic (exact) mass is 521 g/mol. The maximum absolute atomic E-state index is 11.7. The number of rotatable bonds is 22. The molecule has 9 heteroatoms. The van der Waals surface area contributed by atoms with E-state index in [0.29, 0.717) is 83.5 Å². The van der Waals surface area contributed by atoms with Gasteiger partial charge < -0.3 is 40.7 Å². The third kappa shape index (κ3) is 22.4. The molecule has 0 aliphatic rings. The molecule has 36 heavy (non-hydrogen) atoms. The maximum Gasteiger partial charge on any atom is 0.306 e. The van der Waals surface area contributed by atoms with Gasteiger partial charge in [0.25, 0.3) is 0 Å². The van der Waals surface area contributed by atoms with Crippen LogP contribution in [0.4, 0.5) is 0 Å². The third-order valence-corrected chi connectivity index (χ3v) is 6.23. The van der Waals surface area contributed by atoms with E-state index in [9.17, 15) is 35.4 Å². The summed E-state index contributed by atoms with van der Waals surface area (Å²) >= 11 is 0. The average molecular weight is 522 g/mol. The second kappa shape index (κ2) is 20.2. The van der Waals surface area contributed by atoms with Crippen molar-refractivity contribution in [3.8, 4) is 0 Å². The predicted octanol–water partition coefficient (Wildman–Crippen LogP) is 2.17. The lowest BCUT2D eigenvalue weighted by Crippen LogP contribution is -2.24. The summed E-state index contributed by atoms with van der Waals surface area (Å²) in [6, 6.07) is 0. The molecule has 0 aromatic heterocycles. The fourth-order valence-corrected chi connectivity index (χ4v) is 3.98. The Morgan fingerprint density at radius 1 is 0.611 bits per heavy atom. The van der Waals surface area contributed by atoms with Crippen molar-refractivity contribution in [1.29, 1.82) is 0 Å². The molecule has 0 rings (SSSR count). The van der Waals surface area contributed by atoms with Gasteiger partial charge in [-0.2, -0.15) is 0 Å². The summed E-state index contributed by atoms with van der Waals surface area (Å²) in [7, 11) is 1.83. The van der Waals surface area contributed by atoms with Crippen LogP contribution in [-0.2, 0) is 9.53 Å². The van der Waals surface area contributed by atoms with Gasteiger partial charge >= 0.3 is 5.97 Å². The maximum atomic E-state index is 11.7. The minimum Gasteiger partial charge on any atom is -0.460 e. The number of hydrogen-bond acceptors (Lipinski definition) is 9. The summed E-state index contributed by atoms with van der Waals surface area (Å²) in [6.45, 7) is 6.18. The van der Waals surface area contributed by atoms with Gasteiger partial charge in [0.15, 0.2) is 0 Å².